The van der Waals surface area contributed by atoms with Crippen LogP contribution in [0.2, 0.25) is 0 Å². The Hall–Kier alpha value is -2.34. The lowest BCUT2D eigenvalue weighted by molar-refractivity contribution is -0.143. The van der Waals surface area contributed by atoms with Crippen LogP contribution in [0.1, 0.15) is 18.4 Å². The summed E-state index contributed by atoms with van der Waals surface area (Å²) >= 11 is 0. The highest BCUT2D eigenvalue weighted by Crippen LogP contribution is 2.19. The van der Waals surface area contributed by atoms with Gasteiger partial charge >= 0.3 is 5.97 Å². The molecule has 0 bridgehead atoms. The molecule has 116 valence electrons. The maximum Gasteiger partial charge on any atom is 0.326 e. The Labute approximate surface area is 127 Å². The van der Waals surface area contributed by atoms with E-state index in [2.05, 4.69) is 10.3 Å². The Balaban J connectivity index is 1.74. The van der Waals surface area contributed by atoms with Gasteiger partial charge in [0.1, 0.15) is 12.1 Å². The van der Waals surface area contributed by atoms with Crippen LogP contribution in [0.4, 0.5) is 0 Å². The number of carbonyl (C=O) groups excluding carboxylic acids is 1. The first-order valence-corrected chi connectivity index (χ1v) is 7.35. The second-order valence-corrected chi connectivity index (χ2v) is 5.46. The molecular weight excluding hydrogens is 284 g/mol. The molecule has 1 amide bonds. The summed E-state index contributed by atoms with van der Waals surface area (Å²) in [5, 5.41) is 12.9. The number of para-hydroxylation sites is 1. The molecule has 1 saturated heterocycles. The SMILES string of the molecule is O=C(O)[C@H](Cc1c[nH]c2ccccc12)NC(=O)[C@H]1CCCO1. The minimum Gasteiger partial charge on any atom is -0.480 e. The van der Waals surface area contributed by atoms with E-state index in [1.807, 2.05) is 24.3 Å². The van der Waals surface area contributed by atoms with E-state index in [9.17, 15) is 14.7 Å². The number of rotatable bonds is 5. The number of carboxylic acids is 1. The van der Waals surface area contributed by atoms with Crippen molar-refractivity contribution in [3.05, 3.63) is 36.0 Å². The van der Waals surface area contributed by atoms with E-state index >= 15 is 0 Å². The standard InChI is InChI=1S/C16H18N2O4/c19-15(14-6-3-7-22-14)18-13(16(20)21)8-10-9-17-12-5-2-1-4-11(10)12/h1-2,4-5,9,13-14,17H,3,6-8H2,(H,18,19)(H,20,21)/t13-,14+/m0/s1. The molecule has 2 atom stereocenters. The van der Waals surface area contributed by atoms with Crippen molar-refractivity contribution in [3.8, 4) is 0 Å². The van der Waals surface area contributed by atoms with Crippen LogP contribution >= 0.6 is 0 Å². The fraction of sp³-hybridized carbons (Fsp3) is 0.375. The normalized spacial score (nSPS) is 19.2. The van der Waals surface area contributed by atoms with Gasteiger partial charge in [0.05, 0.1) is 0 Å². The first-order valence-electron chi connectivity index (χ1n) is 7.35. The van der Waals surface area contributed by atoms with Crippen LogP contribution < -0.4 is 5.32 Å². The summed E-state index contributed by atoms with van der Waals surface area (Å²) < 4.78 is 5.29. The monoisotopic (exact) mass is 302 g/mol. The third kappa shape index (κ3) is 2.96. The van der Waals surface area contributed by atoms with Gasteiger partial charge in [-0.1, -0.05) is 18.2 Å². The van der Waals surface area contributed by atoms with Gasteiger partial charge in [-0.3, -0.25) is 4.79 Å². The molecule has 3 N–H and O–H groups in total. The van der Waals surface area contributed by atoms with Crippen LogP contribution in [0.15, 0.2) is 30.5 Å². The van der Waals surface area contributed by atoms with Crippen molar-refractivity contribution in [2.75, 3.05) is 6.61 Å². The van der Waals surface area contributed by atoms with Crippen LogP contribution in [0.5, 0.6) is 0 Å². The van der Waals surface area contributed by atoms with Crippen molar-refractivity contribution in [3.63, 3.8) is 0 Å². The van der Waals surface area contributed by atoms with E-state index < -0.39 is 18.1 Å². The molecule has 3 rings (SSSR count). The fourth-order valence-corrected chi connectivity index (χ4v) is 2.77. The van der Waals surface area contributed by atoms with Gasteiger partial charge in [-0.05, 0) is 24.5 Å². The molecule has 0 spiro atoms. The van der Waals surface area contributed by atoms with E-state index in [4.69, 9.17) is 4.74 Å². The minimum absolute atomic E-state index is 0.234. The summed E-state index contributed by atoms with van der Waals surface area (Å²) in [6.07, 6.45) is 2.98. The molecular formula is C16H18N2O4. The summed E-state index contributed by atoms with van der Waals surface area (Å²) in [5.41, 5.74) is 1.82. The summed E-state index contributed by atoms with van der Waals surface area (Å²) in [7, 11) is 0. The Morgan fingerprint density at radius 1 is 1.41 bits per heavy atom. The molecule has 1 aliphatic rings. The van der Waals surface area contributed by atoms with Gasteiger partial charge in [0.15, 0.2) is 0 Å². The summed E-state index contributed by atoms with van der Waals surface area (Å²) in [6, 6.07) is 6.72. The van der Waals surface area contributed by atoms with Gasteiger partial charge in [0.2, 0.25) is 5.91 Å². The van der Waals surface area contributed by atoms with Gasteiger partial charge in [0, 0.05) is 30.1 Å². The topological polar surface area (TPSA) is 91.4 Å². The number of aromatic nitrogens is 1. The van der Waals surface area contributed by atoms with Gasteiger partial charge in [-0.2, -0.15) is 0 Å². The van der Waals surface area contributed by atoms with Crippen molar-refractivity contribution in [1.29, 1.82) is 0 Å². The van der Waals surface area contributed by atoms with Gasteiger partial charge < -0.3 is 20.1 Å². The number of H-pyrrole nitrogens is 1. The number of benzene rings is 1. The number of hydrogen-bond donors (Lipinski definition) is 3. The van der Waals surface area contributed by atoms with E-state index in [1.165, 1.54) is 0 Å². The largest absolute Gasteiger partial charge is 0.480 e. The lowest BCUT2D eigenvalue weighted by Crippen LogP contribution is -2.46. The molecule has 2 heterocycles. The zero-order valence-electron chi connectivity index (χ0n) is 12.0. The Morgan fingerprint density at radius 2 is 2.23 bits per heavy atom. The zero-order valence-corrected chi connectivity index (χ0v) is 12.0. The molecule has 6 nitrogen and oxygen atoms in total. The molecule has 6 heteroatoms. The second kappa shape index (κ2) is 6.19. The number of carbonyl (C=O) groups is 2. The lowest BCUT2D eigenvalue weighted by atomic mass is 10.0. The first kappa shape index (κ1) is 14.6. The molecule has 0 unspecified atom stereocenters. The van der Waals surface area contributed by atoms with Crippen LogP contribution in [-0.4, -0.2) is 40.7 Å². The van der Waals surface area contributed by atoms with Crippen LogP contribution in [0, 0.1) is 0 Å². The highest BCUT2D eigenvalue weighted by Gasteiger charge is 2.28. The van der Waals surface area contributed by atoms with Gasteiger partial charge in [0.25, 0.3) is 0 Å². The van der Waals surface area contributed by atoms with Crippen molar-refractivity contribution in [2.45, 2.75) is 31.4 Å². The number of amides is 1. The van der Waals surface area contributed by atoms with Crippen LogP contribution in [-0.2, 0) is 20.7 Å². The third-order valence-electron chi connectivity index (χ3n) is 3.94. The van der Waals surface area contributed by atoms with E-state index in [0.717, 1.165) is 22.9 Å². The summed E-state index contributed by atoms with van der Waals surface area (Å²) in [4.78, 5) is 26.6. The Morgan fingerprint density at radius 3 is 2.95 bits per heavy atom. The first-order chi connectivity index (χ1) is 10.6. The quantitative estimate of drug-likeness (QED) is 0.779. The number of aromatic amines is 1. The summed E-state index contributed by atoms with van der Waals surface area (Å²) in [5.74, 6) is -1.39. The average Bonchev–Trinajstić information content (AvgIpc) is 3.16. The van der Waals surface area contributed by atoms with Gasteiger partial charge in [-0.25, -0.2) is 4.79 Å². The van der Waals surface area contributed by atoms with Crippen molar-refractivity contribution in [1.82, 2.24) is 10.3 Å². The van der Waals surface area contributed by atoms with E-state index in [1.54, 1.807) is 6.20 Å². The number of carboxylic acid groups (broad SMARTS) is 1. The Kier molecular flexibility index (Phi) is 4.11. The van der Waals surface area contributed by atoms with Crippen molar-refractivity contribution >= 4 is 22.8 Å². The van der Waals surface area contributed by atoms with Crippen LogP contribution in [0.25, 0.3) is 10.9 Å². The van der Waals surface area contributed by atoms with Crippen molar-refractivity contribution in [2.24, 2.45) is 0 Å². The number of ether oxygens (including phenoxy) is 1. The highest BCUT2D eigenvalue weighted by atomic mass is 16.5. The molecule has 1 fully saturated rings. The molecule has 0 aliphatic carbocycles. The highest BCUT2D eigenvalue weighted by molar-refractivity contribution is 5.88. The van der Waals surface area contributed by atoms with E-state index in [0.29, 0.717) is 13.0 Å². The average molecular weight is 302 g/mol. The number of fused-ring (bicyclic) bond motifs is 1. The third-order valence-corrected chi connectivity index (χ3v) is 3.94. The number of hydrogen-bond acceptors (Lipinski definition) is 3. The predicted molar refractivity (Wildman–Crippen MR) is 80.5 cm³/mol. The fourth-order valence-electron chi connectivity index (χ4n) is 2.77. The zero-order chi connectivity index (χ0) is 15.5. The van der Waals surface area contributed by atoms with E-state index in [-0.39, 0.29) is 12.3 Å². The molecule has 1 aromatic heterocycles. The molecule has 2 aromatic rings. The van der Waals surface area contributed by atoms with Gasteiger partial charge in [-0.15, -0.1) is 0 Å². The molecule has 0 saturated carbocycles. The second-order valence-electron chi connectivity index (χ2n) is 5.46. The molecule has 1 aliphatic heterocycles. The predicted octanol–water partition coefficient (Wildman–Crippen LogP) is 1.46. The van der Waals surface area contributed by atoms with Crippen LogP contribution in [0.3, 0.4) is 0 Å². The maximum atomic E-state index is 12.0. The molecule has 22 heavy (non-hydrogen) atoms. The minimum atomic E-state index is -1.04. The summed E-state index contributed by atoms with van der Waals surface area (Å²) in [6.45, 7) is 0.554. The maximum absolute atomic E-state index is 12.0. The van der Waals surface area contributed by atoms with Crippen molar-refractivity contribution < 1.29 is 19.4 Å². The molecule has 0 radical (unpaired) electrons. The molecule has 1 aromatic carbocycles. The Bertz CT molecular complexity index is 688. The number of nitrogens with one attached hydrogen (secondary N) is 2. The smallest absolute Gasteiger partial charge is 0.326 e. The number of aliphatic carboxylic acids is 1. The lowest BCUT2D eigenvalue weighted by Gasteiger charge is -2.17.